The molecule has 0 radical (unpaired) electrons. The summed E-state index contributed by atoms with van der Waals surface area (Å²) in [5.74, 6) is 0. The Labute approximate surface area is 232 Å². The Bertz CT molecular complexity index is 1880. The van der Waals surface area contributed by atoms with Crippen molar-refractivity contribution in [3.8, 4) is 0 Å². The number of rotatable bonds is 3. The minimum Gasteiger partial charge on any atom is -0.359 e. The first-order valence-electron chi connectivity index (χ1n) is 11.0. The van der Waals surface area contributed by atoms with Gasteiger partial charge in [-0.05, 0) is 57.2 Å². The summed E-state index contributed by atoms with van der Waals surface area (Å²) >= 11 is 0. The highest BCUT2D eigenvalue weighted by atomic mass is 32.3. The van der Waals surface area contributed by atoms with Gasteiger partial charge in [-0.3, -0.25) is 0 Å². The third kappa shape index (κ3) is 7.24. The zero-order chi connectivity index (χ0) is 30.5. The lowest BCUT2D eigenvalue weighted by atomic mass is 10.2. The fourth-order valence-electron chi connectivity index (χ4n) is 3.03. The molecule has 0 saturated heterocycles. The van der Waals surface area contributed by atoms with Gasteiger partial charge in [0.25, 0.3) is 39.3 Å². The number of sulfone groups is 4. The average Bonchev–Trinajstić information content (AvgIpc) is 2.84. The van der Waals surface area contributed by atoms with Gasteiger partial charge in [-0.2, -0.15) is 0 Å². The SMILES string of the molecule is Cc1ccc(S(=O)(=O)C(=[N+]=[N-])S(=O)(=O)c2ccc(C)cc2)cc1.Cc1ccc(S(=O)(=O)C(=[N+]=[N-])S(C)(=O)=O)cc1. The molecule has 0 spiro atoms. The summed E-state index contributed by atoms with van der Waals surface area (Å²) in [5.41, 5.74) is 20.1. The van der Waals surface area contributed by atoms with E-state index in [4.69, 9.17) is 11.1 Å². The smallest absolute Gasteiger partial charge is 0.359 e. The molecule has 0 saturated carbocycles. The molecular weight excluding hydrogens is 601 g/mol. The highest BCUT2D eigenvalue weighted by Gasteiger charge is 2.44. The maximum atomic E-state index is 12.5. The standard InChI is InChI=1S/C15H14N2O4S2.C9H10N2O4S2/c1-11-3-7-13(8-4-11)22(18,19)15(17-16)23(20,21)14-9-5-12(2)6-10-14;1-7-3-5-8(6-4-7)17(14,15)9(11-10)16(2,12)13/h3-10H,1-2H3;3-6H,1-2H3. The Hall–Kier alpha value is -3.78. The van der Waals surface area contributed by atoms with Gasteiger partial charge in [-0.1, -0.05) is 53.1 Å². The van der Waals surface area contributed by atoms with Crippen LogP contribution in [0.5, 0.6) is 0 Å². The van der Waals surface area contributed by atoms with E-state index in [1.807, 2.05) is 0 Å². The maximum absolute atomic E-state index is 12.5. The second-order valence-electron chi connectivity index (χ2n) is 8.45. The van der Waals surface area contributed by atoms with Crippen LogP contribution in [0.2, 0.25) is 0 Å². The van der Waals surface area contributed by atoms with E-state index in [9.17, 15) is 33.7 Å². The molecule has 0 N–H and O–H groups in total. The molecule has 212 valence electrons. The number of nitrogens with zero attached hydrogens (tertiary/aromatic N) is 4. The Morgan fingerprint density at radius 2 is 0.700 bits per heavy atom. The van der Waals surface area contributed by atoms with Crippen LogP contribution in [0.25, 0.3) is 11.1 Å². The first kappa shape index (κ1) is 32.4. The number of aryl methyl sites for hydroxylation is 3. The predicted octanol–water partition coefficient (Wildman–Crippen LogP) is 2.54. The molecule has 0 unspecified atom stereocenters. The molecule has 0 aliphatic rings. The molecule has 0 amide bonds. The van der Waals surface area contributed by atoms with Crippen molar-refractivity contribution in [3.05, 3.63) is 101 Å². The number of hydrogen-bond donors (Lipinski definition) is 0. The topological polar surface area (TPSA) is 209 Å². The Morgan fingerprint density at radius 1 is 0.475 bits per heavy atom. The molecule has 3 aromatic rings. The fourth-order valence-corrected chi connectivity index (χ4v) is 9.21. The third-order valence-electron chi connectivity index (χ3n) is 5.16. The summed E-state index contributed by atoms with van der Waals surface area (Å²) in [6.45, 7) is 5.29. The summed E-state index contributed by atoms with van der Waals surface area (Å²) < 4.78 is 93.5. The first-order chi connectivity index (χ1) is 18.4. The van der Waals surface area contributed by atoms with Gasteiger partial charge in [0.2, 0.25) is 0 Å². The van der Waals surface area contributed by atoms with Crippen molar-refractivity contribution in [1.29, 1.82) is 0 Å². The second-order valence-corrected chi connectivity index (χ2v) is 16.5. The van der Waals surface area contributed by atoms with E-state index in [0.29, 0.717) is 6.26 Å². The summed E-state index contributed by atoms with van der Waals surface area (Å²) in [4.78, 5) is 4.19. The van der Waals surface area contributed by atoms with Gasteiger partial charge < -0.3 is 11.1 Å². The van der Waals surface area contributed by atoms with Gasteiger partial charge >= 0.3 is 8.75 Å². The van der Waals surface area contributed by atoms with Crippen molar-refractivity contribution < 1.29 is 43.3 Å². The van der Waals surface area contributed by atoms with Gasteiger partial charge in [0.05, 0.1) is 20.9 Å². The monoisotopic (exact) mass is 624 g/mol. The average molecular weight is 625 g/mol. The predicted molar refractivity (Wildman–Crippen MR) is 147 cm³/mol. The minimum absolute atomic E-state index is 0.235. The minimum atomic E-state index is -4.47. The molecule has 3 aromatic carbocycles. The van der Waals surface area contributed by atoms with Crippen LogP contribution in [0.1, 0.15) is 16.7 Å². The molecule has 0 bridgehead atoms. The van der Waals surface area contributed by atoms with Crippen molar-refractivity contribution in [2.45, 2.75) is 35.5 Å². The van der Waals surface area contributed by atoms with Crippen LogP contribution in [-0.2, 0) is 39.3 Å². The fraction of sp³-hybridized carbons (Fsp3) is 0.167. The normalized spacial score (nSPS) is 11.8. The highest BCUT2D eigenvalue weighted by molar-refractivity contribution is 8.31. The lowest BCUT2D eigenvalue weighted by Gasteiger charge is -2.03. The van der Waals surface area contributed by atoms with Crippen molar-refractivity contribution >= 4 is 48.1 Å². The third-order valence-corrected chi connectivity index (χ3v) is 13.1. The molecule has 0 heterocycles. The van der Waals surface area contributed by atoms with Crippen LogP contribution < -0.4 is 0 Å². The molecule has 3 rings (SSSR count). The van der Waals surface area contributed by atoms with Crippen LogP contribution >= 0.6 is 0 Å². The van der Waals surface area contributed by atoms with Crippen molar-refractivity contribution in [2.75, 3.05) is 6.26 Å². The van der Waals surface area contributed by atoms with Crippen molar-refractivity contribution in [3.63, 3.8) is 0 Å². The van der Waals surface area contributed by atoms with E-state index in [0.717, 1.165) is 16.7 Å². The summed E-state index contributed by atoms with van der Waals surface area (Å²) in [6, 6.07) is 16.7. The van der Waals surface area contributed by atoms with E-state index in [2.05, 4.69) is 9.58 Å². The van der Waals surface area contributed by atoms with Gasteiger partial charge in [-0.15, -0.1) is 9.58 Å². The van der Waals surface area contributed by atoms with Gasteiger partial charge in [0.15, 0.2) is 0 Å². The zero-order valence-corrected chi connectivity index (χ0v) is 24.9. The van der Waals surface area contributed by atoms with E-state index in [-0.39, 0.29) is 14.7 Å². The molecule has 12 nitrogen and oxygen atoms in total. The number of hydrogen-bond acceptors (Lipinski definition) is 8. The molecule has 0 aromatic heterocycles. The first-order valence-corrected chi connectivity index (χ1v) is 17.3. The Kier molecular flexibility index (Phi) is 9.87. The highest BCUT2D eigenvalue weighted by Crippen LogP contribution is 2.21. The molecule has 40 heavy (non-hydrogen) atoms. The number of benzene rings is 3. The van der Waals surface area contributed by atoms with E-state index in [1.165, 1.54) is 72.8 Å². The Balaban J connectivity index is 0.000000294. The lowest BCUT2D eigenvalue weighted by Crippen LogP contribution is -2.26. The lowest BCUT2D eigenvalue weighted by molar-refractivity contribution is 0.00352. The largest absolute Gasteiger partial charge is 0.504 e. The molecule has 0 fully saturated rings. The van der Waals surface area contributed by atoms with E-state index >= 15 is 0 Å². The van der Waals surface area contributed by atoms with Gasteiger partial charge in [0.1, 0.15) is 0 Å². The van der Waals surface area contributed by atoms with Crippen LogP contribution in [0, 0.1) is 20.8 Å². The summed E-state index contributed by atoms with van der Waals surface area (Å²) in [7, 11) is -17.4. The second kappa shape index (κ2) is 12.2. The Morgan fingerprint density at radius 3 is 0.900 bits per heavy atom. The zero-order valence-electron chi connectivity index (χ0n) is 21.6. The van der Waals surface area contributed by atoms with E-state index < -0.39 is 48.1 Å². The molecular formula is C24H24N4O8S4. The van der Waals surface area contributed by atoms with Crippen molar-refractivity contribution in [1.82, 2.24) is 0 Å². The van der Waals surface area contributed by atoms with Gasteiger partial charge in [-0.25, -0.2) is 33.7 Å². The van der Waals surface area contributed by atoms with Crippen LogP contribution in [0.15, 0.2) is 87.5 Å². The maximum Gasteiger partial charge on any atom is 0.504 e. The molecule has 16 heteroatoms. The summed E-state index contributed by atoms with van der Waals surface area (Å²) in [6.07, 6.45) is 0.661. The van der Waals surface area contributed by atoms with Crippen molar-refractivity contribution in [2.24, 2.45) is 0 Å². The van der Waals surface area contributed by atoms with E-state index in [1.54, 1.807) is 20.8 Å². The van der Waals surface area contributed by atoms with Crippen LogP contribution in [-0.4, -0.2) is 58.3 Å². The molecule has 0 aliphatic heterocycles. The van der Waals surface area contributed by atoms with Gasteiger partial charge in [0, 0.05) is 0 Å². The van der Waals surface area contributed by atoms with Crippen LogP contribution in [0.4, 0.5) is 0 Å². The van der Waals surface area contributed by atoms with Crippen LogP contribution in [0.3, 0.4) is 0 Å². The molecule has 0 aliphatic carbocycles. The summed E-state index contributed by atoms with van der Waals surface area (Å²) in [5, 5.41) is 0. The molecule has 0 atom stereocenters. The quantitative estimate of drug-likeness (QED) is 0.182.